The molecule has 0 aliphatic carbocycles. The Morgan fingerprint density at radius 3 is 2.41 bits per heavy atom. The summed E-state index contributed by atoms with van der Waals surface area (Å²) >= 11 is 0. The maximum absolute atomic E-state index is 13.3. The van der Waals surface area contributed by atoms with Gasteiger partial charge >= 0.3 is 0 Å². The Labute approximate surface area is 187 Å². The van der Waals surface area contributed by atoms with Crippen LogP contribution in [0.1, 0.15) is 30.5 Å². The van der Waals surface area contributed by atoms with Crippen molar-refractivity contribution >= 4 is 33.2 Å². The molecule has 0 amide bonds. The molecule has 1 aliphatic heterocycles. The van der Waals surface area contributed by atoms with Crippen molar-refractivity contribution in [2.24, 2.45) is 0 Å². The number of sulfonamides is 1. The summed E-state index contributed by atoms with van der Waals surface area (Å²) in [6, 6.07) is 14.3. The molecule has 32 heavy (non-hydrogen) atoms. The Hall–Kier alpha value is -3.20. The molecule has 168 valence electrons. The van der Waals surface area contributed by atoms with Gasteiger partial charge in [0, 0.05) is 36.2 Å². The van der Waals surface area contributed by atoms with Crippen molar-refractivity contribution in [1.82, 2.24) is 9.97 Å². The second-order valence-corrected chi connectivity index (χ2v) is 9.66. The van der Waals surface area contributed by atoms with Crippen LogP contribution in [-0.2, 0) is 15.8 Å². The Balaban J connectivity index is 1.42. The van der Waals surface area contributed by atoms with Gasteiger partial charge in [0.05, 0.1) is 5.75 Å². The molecule has 0 unspecified atom stereocenters. The van der Waals surface area contributed by atoms with Crippen molar-refractivity contribution in [2.75, 3.05) is 28.0 Å². The number of nitrogens with one attached hydrogen (secondary N) is 2. The fraction of sp³-hybridized carbons (Fsp3) is 0.304. The molecular weight excluding hydrogens is 429 g/mol. The number of rotatable bonds is 7. The van der Waals surface area contributed by atoms with Gasteiger partial charge in [-0.2, -0.15) is 4.98 Å². The zero-order chi connectivity index (χ0) is 22.6. The van der Waals surface area contributed by atoms with Crippen molar-refractivity contribution in [2.45, 2.75) is 31.9 Å². The van der Waals surface area contributed by atoms with E-state index in [1.54, 1.807) is 30.3 Å². The largest absolute Gasteiger partial charge is 0.341 e. The van der Waals surface area contributed by atoms with Crippen LogP contribution < -0.4 is 14.9 Å². The van der Waals surface area contributed by atoms with Gasteiger partial charge in [-0.1, -0.05) is 12.1 Å². The van der Waals surface area contributed by atoms with Gasteiger partial charge in [0.15, 0.2) is 0 Å². The zero-order valence-corrected chi connectivity index (χ0v) is 18.7. The zero-order valence-electron chi connectivity index (χ0n) is 17.9. The maximum Gasteiger partial charge on any atom is 0.236 e. The van der Waals surface area contributed by atoms with Gasteiger partial charge in [-0.25, -0.2) is 17.8 Å². The molecule has 1 fully saturated rings. The second kappa shape index (κ2) is 9.52. The quantitative estimate of drug-likeness (QED) is 0.541. The third-order valence-corrected chi connectivity index (χ3v) is 6.42. The van der Waals surface area contributed by atoms with Gasteiger partial charge in [-0.05, 0) is 68.1 Å². The lowest BCUT2D eigenvalue weighted by Crippen LogP contribution is -2.31. The fourth-order valence-electron chi connectivity index (χ4n) is 3.68. The van der Waals surface area contributed by atoms with E-state index in [1.807, 2.05) is 13.0 Å². The molecule has 0 radical (unpaired) electrons. The third-order valence-electron chi connectivity index (χ3n) is 5.16. The molecule has 0 atom stereocenters. The minimum absolute atomic E-state index is 0.301. The van der Waals surface area contributed by atoms with Gasteiger partial charge in [-0.3, -0.25) is 4.72 Å². The van der Waals surface area contributed by atoms with E-state index < -0.39 is 15.8 Å². The molecule has 0 bridgehead atoms. The first kappa shape index (κ1) is 22.0. The van der Waals surface area contributed by atoms with Crippen LogP contribution in [0.25, 0.3) is 0 Å². The van der Waals surface area contributed by atoms with E-state index in [4.69, 9.17) is 0 Å². The number of halogens is 1. The lowest BCUT2D eigenvalue weighted by Gasteiger charge is -2.27. The standard InChI is InChI=1S/C23H26FN5O2S/c1-17-14-22(27-23(25-17)29-12-3-2-4-13-29)26-20-8-10-21(11-9-20)28-32(30,31)16-18-6-5-7-19(24)15-18/h5-11,14-15,28H,2-4,12-13,16H2,1H3,(H,25,26,27). The third kappa shape index (κ3) is 5.94. The number of aromatic nitrogens is 2. The van der Waals surface area contributed by atoms with E-state index in [-0.39, 0.29) is 5.75 Å². The number of anilines is 4. The molecule has 1 aromatic heterocycles. The average molecular weight is 456 g/mol. The van der Waals surface area contributed by atoms with Crippen LogP contribution in [0.2, 0.25) is 0 Å². The number of piperidine rings is 1. The van der Waals surface area contributed by atoms with Crippen LogP contribution in [0, 0.1) is 12.7 Å². The number of hydrogen-bond donors (Lipinski definition) is 2. The highest BCUT2D eigenvalue weighted by molar-refractivity contribution is 7.91. The maximum atomic E-state index is 13.3. The fourth-order valence-corrected chi connectivity index (χ4v) is 4.87. The molecule has 4 rings (SSSR count). The van der Waals surface area contributed by atoms with Crippen LogP contribution in [0.15, 0.2) is 54.6 Å². The van der Waals surface area contributed by atoms with Gasteiger partial charge in [0.2, 0.25) is 16.0 Å². The first-order valence-electron chi connectivity index (χ1n) is 10.6. The molecular formula is C23H26FN5O2S. The van der Waals surface area contributed by atoms with E-state index in [1.165, 1.54) is 24.6 Å². The molecule has 2 heterocycles. The van der Waals surface area contributed by atoms with Crippen molar-refractivity contribution in [3.8, 4) is 0 Å². The normalized spacial score (nSPS) is 14.2. The van der Waals surface area contributed by atoms with Crippen LogP contribution in [-0.4, -0.2) is 31.5 Å². The summed E-state index contributed by atoms with van der Waals surface area (Å²) in [5.74, 6) is 0.660. The molecule has 0 saturated carbocycles. The second-order valence-electron chi connectivity index (χ2n) is 7.94. The van der Waals surface area contributed by atoms with Crippen molar-refractivity contribution in [3.63, 3.8) is 0 Å². The highest BCUT2D eigenvalue weighted by Crippen LogP contribution is 2.23. The van der Waals surface area contributed by atoms with Crippen LogP contribution in [0.5, 0.6) is 0 Å². The SMILES string of the molecule is Cc1cc(Nc2ccc(NS(=O)(=O)Cc3cccc(F)c3)cc2)nc(N2CCCCC2)n1. The predicted octanol–water partition coefficient (Wildman–Crippen LogP) is 4.60. The minimum Gasteiger partial charge on any atom is -0.341 e. The highest BCUT2D eigenvalue weighted by atomic mass is 32.2. The van der Waals surface area contributed by atoms with Gasteiger partial charge in [0.1, 0.15) is 11.6 Å². The summed E-state index contributed by atoms with van der Waals surface area (Å²) < 4.78 is 40.7. The first-order valence-corrected chi connectivity index (χ1v) is 12.2. The molecule has 2 N–H and O–H groups in total. The first-order chi connectivity index (χ1) is 15.4. The van der Waals surface area contributed by atoms with Crippen LogP contribution >= 0.6 is 0 Å². The highest BCUT2D eigenvalue weighted by Gasteiger charge is 2.15. The lowest BCUT2D eigenvalue weighted by atomic mass is 10.1. The summed E-state index contributed by atoms with van der Waals surface area (Å²) in [5, 5.41) is 3.26. The molecule has 0 spiro atoms. The van der Waals surface area contributed by atoms with Crippen molar-refractivity contribution < 1.29 is 12.8 Å². The topological polar surface area (TPSA) is 87.2 Å². The van der Waals surface area contributed by atoms with Gasteiger partial charge < -0.3 is 10.2 Å². The van der Waals surface area contributed by atoms with Gasteiger partial charge in [0.25, 0.3) is 0 Å². The smallest absolute Gasteiger partial charge is 0.236 e. The van der Waals surface area contributed by atoms with E-state index in [0.29, 0.717) is 17.1 Å². The predicted molar refractivity (Wildman–Crippen MR) is 125 cm³/mol. The van der Waals surface area contributed by atoms with E-state index in [2.05, 4.69) is 24.9 Å². The minimum atomic E-state index is -3.66. The Bertz CT molecular complexity index is 1180. The summed E-state index contributed by atoms with van der Waals surface area (Å²) in [4.78, 5) is 11.4. The summed E-state index contributed by atoms with van der Waals surface area (Å²) in [7, 11) is -3.66. The number of aryl methyl sites for hydroxylation is 1. The van der Waals surface area contributed by atoms with Crippen molar-refractivity contribution in [3.05, 3.63) is 71.7 Å². The summed E-state index contributed by atoms with van der Waals surface area (Å²) in [6.07, 6.45) is 3.54. The van der Waals surface area contributed by atoms with E-state index in [0.717, 1.165) is 43.3 Å². The molecule has 7 nitrogen and oxygen atoms in total. The number of nitrogens with zero attached hydrogens (tertiary/aromatic N) is 3. The molecule has 1 saturated heterocycles. The molecule has 9 heteroatoms. The average Bonchev–Trinajstić information content (AvgIpc) is 2.75. The van der Waals surface area contributed by atoms with Gasteiger partial charge in [-0.15, -0.1) is 0 Å². The monoisotopic (exact) mass is 455 g/mol. The molecule has 1 aliphatic rings. The van der Waals surface area contributed by atoms with Crippen LogP contribution in [0.4, 0.5) is 27.5 Å². The molecule has 2 aromatic carbocycles. The summed E-state index contributed by atoms with van der Waals surface area (Å²) in [5.41, 5.74) is 2.48. The number of hydrogen-bond acceptors (Lipinski definition) is 6. The molecule has 3 aromatic rings. The number of benzene rings is 2. The summed E-state index contributed by atoms with van der Waals surface area (Å²) in [6.45, 7) is 3.87. The van der Waals surface area contributed by atoms with Crippen molar-refractivity contribution in [1.29, 1.82) is 0 Å². The van der Waals surface area contributed by atoms with Crippen LogP contribution in [0.3, 0.4) is 0 Å². The van der Waals surface area contributed by atoms with E-state index >= 15 is 0 Å². The van der Waals surface area contributed by atoms with E-state index in [9.17, 15) is 12.8 Å². The Kier molecular flexibility index (Phi) is 6.55. The Morgan fingerprint density at radius 2 is 1.69 bits per heavy atom. The Morgan fingerprint density at radius 1 is 0.969 bits per heavy atom. The lowest BCUT2D eigenvalue weighted by molar-refractivity contribution is 0.568.